The zero-order valence-electron chi connectivity index (χ0n) is 18.4. The van der Waals surface area contributed by atoms with Crippen LogP contribution in [0.25, 0.3) is 0 Å². The molecule has 1 atom stereocenters. The summed E-state index contributed by atoms with van der Waals surface area (Å²) in [6, 6.07) is 3.50. The first-order valence-electron chi connectivity index (χ1n) is 9.94. The van der Waals surface area contributed by atoms with Crippen LogP contribution in [0.5, 0.6) is 5.75 Å². The molecule has 35 heavy (non-hydrogen) atoms. The largest absolute Gasteiger partial charge is 0.495 e. The maximum absolute atomic E-state index is 13.4. The first-order valence-corrected chi connectivity index (χ1v) is 14.6. The molecular weight excluding hydrogens is 931 g/mol. The highest BCUT2D eigenvalue weighted by Gasteiger charge is 2.47. The molecule has 3 rings (SSSR count). The lowest BCUT2D eigenvalue weighted by molar-refractivity contribution is -0.152. The summed E-state index contributed by atoms with van der Waals surface area (Å²) in [5, 5.41) is 2.96. The Morgan fingerprint density at radius 2 is 1.54 bits per heavy atom. The predicted molar refractivity (Wildman–Crippen MR) is 164 cm³/mol. The molecule has 3 amide bonds. The molecule has 0 spiro atoms. The van der Waals surface area contributed by atoms with Gasteiger partial charge in [0.1, 0.15) is 11.8 Å². The summed E-state index contributed by atoms with van der Waals surface area (Å²) in [7, 11) is 1.44. The molecule has 0 saturated carbocycles. The van der Waals surface area contributed by atoms with Gasteiger partial charge in [-0.2, -0.15) is 0 Å². The van der Waals surface area contributed by atoms with Crippen LogP contribution in [0.4, 0.5) is 5.69 Å². The Bertz CT molecular complexity index is 1210. The average molecular weight is 948 g/mol. The first kappa shape index (κ1) is 29.1. The molecule has 0 bridgehead atoms. The average Bonchev–Trinajstić information content (AvgIpc) is 3.05. The minimum absolute atomic E-state index is 0.286. The highest BCUT2D eigenvalue weighted by molar-refractivity contribution is 14.1. The number of methoxy groups -OCH3 is 1. The number of benzene rings is 2. The zero-order chi connectivity index (χ0) is 26.2. The predicted octanol–water partition coefficient (Wildman–Crippen LogP) is 5.57. The Kier molecular flexibility index (Phi) is 9.92. The molecule has 0 aliphatic carbocycles. The van der Waals surface area contributed by atoms with Gasteiger partial charge in [0.2, 0.25) is 0 Å². The second-order valence-corrected chi connectivity index (χ2v) is 12.4. The maximum atomic E-state index is 13.4. The number of fused-ring (bicyclic) bond motifs is 1. The number of hydrogen-bond acceptors (Lipinski definition) is 6. The van der Waals surface area contributed by atoms with Crippen molar-refractivity contribution in [3.05, 3.63) is 48.6 Å². The third kappa shape index (κ3) is 5.84. The van der Waals surface area contributed by atoms with Crippen molar-refractivity contribution in [3.8, 4) is 5.75 Å². The number of amides is 3. The molecule has 1 aliphatic rings. The molecule has 2 aromatic rings. The fraction of sp³-hybridized carbons (Fsp3) is 0.273. The minimum Gasteiger partial charge on any atom is -0.495 e. The standard InChI is InChI=1S/C22H17ClI4N2O6/c1-8(2)19(22(33)35-7-12(30)28-10-6-9(23)4-5-11(10)34-3)29-20(31)13-14(21(29)32)16(25)18(27)17(26)15(13)24/h4-6,8,19H,7H2,1-3H3,(H,28,30)/t19-/m1/s1. The van der Waals surface area contributed by atoms with Gasteiger partial charge in [-0.3, -0.25) is 19.3 Å². The van der Waals surface area contributed by atoms with Crippen LogP contribution in [0.15, 0.2) is 18.2 Å². The minimum atomic E-state index is -1.20. The van der Waals surface area contributed by atoms with E-state index < -0.39 is 42.3 Å². The fourth-order valence-electron chi connectivity index (χ4n) is 3.48. The van der Waals surface area contributed by atoms with Gasteiger partial charge in [0.25, 0.3) is 17.7 Å². The lowest BCUT2D eigenvalue weighted by Crippen LogP contribution is -2.49. The number of nitrogens with zero attached hydrogens (tertiary/aromatic N) is 1. The number of ether oxygens (including phenoxy) is 2. The number of esters is 1. The number of carbonyl (C=O) groups excluding carboxylic acids is 4. The van der Waals surface area contributed by atoms with Crippen LogP contribution in [0.3, 0.4) is 0 Å². The topological polar surface area (TPSA) is 102 Å². The number of carbonyl (C=O) groups is 4. The van der Waals surface area contributed by atoms with Crippen LogP contribution >= 0.6 is 102 Å². The van der Waals surface area contributed by atoms with Crippen LogP contribution < -0.4 is 10.1 Å². The molecule has 1 N–H and O–H groups in total. The van der Waals surface area contributed by atoms with E-state index >= 15 is 0 Å². The number of rotatable bonds is 7. The molecule has 0 aromatic heterocycles. The molecule has 8 nitrogen and oxygen atoms in total. The van der Waals surface area contributed by atoms with E-state index in [9.17, 15) is 19.2 Å². The van der Waals surface area contributed by atoms with E-state index in [0.717, 1.165) is 12.0 Å². The van der Waals surface area contributed by atoms with Gasteiger partial charge < -0.3 is 14.8 Å². The molecule has 186 valence electrons. The quantitative estimate of drug-likeness (QED) is 0.128. The van der Waals surface area contributed by atoms with Gasteiger partial charge in [-0.05, 0) is 114 Å². The van der Waals surface area contributed by atoms with E-state index in [1.807, 2.05) is 45.2 Å². The van der Waals surface area contributed by atoms with E-state index in [-0.39, 0.29) is 11.1 Å². The van der Waals surface area contributed by atoms with Crippen molar-refractivity contribution in [2.45, 2.75) is 19.9 Å². The Morgan fingerprint density at radius 3 is 2.03 bits per heavy atom. The first-order chi connectivity index (χ1) is 16.4. The van der Waals surface area contributed by atoms with Crippen molar-refractivity contribution in [3.63, 3.8) is 0 Å². The number of nitrogens with one attached hydrogen (secondary N) is 1. The van der Waals surface area contributed by atoms with E-state index in [2.05, 4.69) is 50.5 Å². The summed E-state index contributed by atoms with van der Waals surface area (Å²) < 4.78 is 13.5. The molecule has 0 unspecified atom stereocenters. The van der Waals surface area contributed by atoms with Crippen LogP contribution in [-0.2, 0) is 14.3 Å². The van der Waals surface area contributed by atoms with E-state index in [0.29, 0.717) is 23.6 Å². The maximum Gasteiger partial charge on any atom is 0.330 e. The summed E-state index contributed by atoms with van der Waals surface area (Å²) in [5.74, 6) is -2.65. The van der Waals surface area contributed by atoms with E-state index in [1.54, 1.807) is 26.0 Å². The third-order valence-electron chi connectivity index (χ3n) is 5.06. The molecular formula is C22H17ClI4N2O6. The normalized spacial score (nSPS) is 13.7. The molecule has 0 saturated heterocycles. The Hall–Kier alpha value is -0.470. The van der Waals surface area contributed by atoms with Crippen molar-refractivity contribution >= 4 is 131 Å². The lowest BCUT2D eigenvalue weighted by atomic mass is 10.0. The van der Waals surface area contributed by atoms with Gasteiger partial charge >= 0.3 is 5.97 Å². The summed E-state index contributed by atoms with van der Waals surface area (Å²) in [4.78, 5) is 53.2. The molecule has 13 heteroatoms. The van der Waals surface area contributed by atoms with Gasteiger partial charge in [-0.1, -0.05) is 25.4 Å². The molecule has 1 heterocycles. The van der Waals surface area contributed by atoms with Crippen molar-refractivity contribution in [1.29, 1.82) is 0 Å². The van der Waals surface area contributed by atoms with Crippen LogP contribution in [0, 0.1) is 20.2 Å². The smallest absolute Gasteiger partial charge is 0.330 e. The Morgan fingerprint density at radius 1 is 1.00 bits per heavy atom. The Labute approximate surface area is 261 Å². The van der Waals surface area contributed by atoms with Gasteiger partial charge in [0.05, 0.1) is 23.9 Å². The fourth-order valence-corrected chi connectivity index (χ4v) is 7.30. The van der Waals surface area contributed by atoms with E-state index in [4.69, 9.17) is 21.1 Å². The monoisotopic (exact) mass is 948 g/mol. The Balaban J connectivity index is 1.81. The summed E-state index contributed by atoms with van der Waals surface area (Å²) in [6.45, 7) is 2.79. The zero-order valence-corrected chi connectivity index (χ0v) is 27.8. The van der Waals surface area contributed by atoms with Crippen LogP contribution in [-0.4, -0.2) is 48.3 Å². The van der Waals surface area contributed by atoms with E-state index in [1.165, 1.54) is 13.2 Å². The number of imide groups is 1. The van der Waals surface area contributed by atoms with Gasteiger partial charge in [0, 0.05) is 19.3 Å². The van der Waals surface area contributed by atoms with Crippen molar-refractivity contribution in [2.24, 2.45) is 5.92 Å². The third-order valence-corrected chi connectivity index (χ3v) is 12.7. The lowest BCUT2D eigenvalue weighted by Gasteiger charge is -2.27. The molecule has 2 aromatic carbocycles. The van der Waals surface area contributed by atoms with Crippen molar-refractivity contribution < 1.29 is 28.7 Å². The SMILES string of the molecule is COc1ccc(Cl)cc1NC(=O)COC(=O)[C@@H](C(C)C)N1C(=O)c2c(I)c(I)c(I)c(I)c2C1=O. The highest BCUT2D eigenvalue weighted by Crippen LogP contribution is 2.39. The molecule has 1 aliphatic heterocycles. The van der Waals surface area contributed by atoms with Crippen LogP contribution in [0.1, 0.15) is 34.6 Å². The number of hydrogen-bond donors (Lipinski definition) is 1. The van der Waals surface area contributed by atoms with Gasteiger partial charge in [-0.25, -0.2) is 4.79 Å². The number of halogens is 5. The molecule has 0 fully saturated rings. The second kappa shape index (κ2) is 11.9. The summed E-state index contributed by atoms with van der Waals surface area (Å²) in [5.41, 5.74) is 0.887. The number of anilines is 1. The highest BCUT2D eigenvalue weighted by atomic mass is 127. The van der Waals surface area contributed by atoms with Crippen molar-refractivity contribution in [2.75, 3.05) is 19.0 Å². The summed E-state index contributed by atoms with van der Waals surface area (Å²) in [6.07, 6.45) is 0. The molecule has 0 radical (unpaired) electrons. The van der Waals surface area contributed by atoms with Gasteiger partial charge in [-0.15, -0.1) is 0 Å². The second-order valence-electron chi connectivity index (χ2n) is 7.68. The van der Waals surface area contributed by atoms with Crippen molar-refractivity contribution in [1.82, 2.24) is 4.90 Å². The summed E-state index contributed by atoms with van der Waals surface area (Å²) >= 11 is 14.3. The van der Waals surface area contributed by atoms with Gasteiger partial charge in [0.15, 0.2) is 6.61 Å². The van der Waals surface area contributed by atoms with Crippen LogP contribution in [0.2, 0.25) is 5.02 Å².